The maximum absolute atomic E-state index is 12.8. The number of carbonyl (C=O) groups excluding carboxylic acids is 1. The molecule has 2 aliphatic rings. The van der Waals surface area contributed by atoms with Crippen LogP contribution in [0.5, 0.6) is 5.75 Å². The van der Waals surface area contributed by atoms with E-state index in [0.717, 1.165) is 48.4 Å². The van der Waals surface area contributed by atoms with E-state index in [2.05, 4.69) is 16.1 Å². The van der Waals surface area contributed by atoms with Gasteiger partial charge in [-0.3, -0.25) is 9.52 Å². The molecule has 0 bridgehead atoms. The summed E-state index contributed by atoms with van der Waals surface area (Å²) < 4.78 is 34.1. The van der Waals surface area contributed by atoms with Crippen molar-refractivity contribution in [1.82, 2.24) is 10.2 Å². The van der Waals surface area contributed by atoms with Crippen molar-refractivity contribution in [2.75, 3.05) is 30.9 Å². The number of nitrogens with one attached hydrogen (secondary N) is 2. The van der Waals surface area contributed by atoms with E-state index in [9.17, 15) is 13.2 Å². The second-order valence-electron chi connectivity index (χ2n) is 9.44. The molecular weight excluding hydrogens is 462 g/mol. The lowest BCUT2D eigenvalue weighted by Gasteiger charge is -2.40. The first-order valence-electron chi connectivity index (χ1n) is 12.4. The van der Waals surface area contributed by atoms with Crippen LogP contribution in [0.1, 0.15) is 62.0 Å². The molecule has 188 valence electrons. The van der Waals surface area contributed by atoms with Crippen LogP contribution < -0.4 is 14.8 Å². The first-order valence-corrected chi connectivity index (χ1v) is 13.9. The number of sulfonamides is 1. The van der Waals surface area contributed by atoms with Crippen LogP contribution >= 0.6 is 0 Å². The number of rotatable bonds is 7. The van der Waals surface area contributed by atoms with Gasteiger partial charge in [0.2, 0.25) is 10.0 Å². The van der Waals surface area contributed by atoms with E-state index in [1.807, 2.05) is 50.2 Å². The van der Waals surface area contributed by atoms with Crippen LogP contribution in [0, 0.1) is 0 Å². The average Bonchev–Trinajstić information content (AvgIpc) is 2.85. The zero-order valence-corrected chi connectivity index (χ0v) is 21.7. The molecule has 1 fully saturated rings. The predicted octanol–water partition coefficient (Wildman–Crippen LogP) is 4.27. The second kappa shape index (κ2) is 10.0. The van der Waals surface area contributed by atoms with Crippen molar-refractivity contribution in [1.29, 1.82) is 0 Å². The number of anilines is 1. The lowest BCUT2D eigenvalue weighted by molar-refractivity contribution is 0.0772. The summed E-state index contributed by atoms with van der Waals surface area (Å²) in [5.41, 5.74) is 3.53. The van der Waals surface area contributed by atoms with E-state index >= 15 is 0 Å². The fourth-order valence-corrected chi connectivity index (χ4v) is 5.28. The monoisotopic (exact) mass is 497 g/mol. The number of nitrogens with zero attached hydrogens (tertiary/aromatic N) is 1. The Hall–Kier alpha value is -2.84. The molecule has 35 heavy (non-hydrogen) atoms. The zero-order valence-electron chi connectivity index (χ0n) is 20.9. The average molecular weight is 498 g/mol. The van der Waals surface area contributed by atoms with E-state index in [4.69, 9.17) is 4.74 Å². The Kier molecular flexibility index (Phi) is 7.24. The Bertz CT molecular complexity index is 1210. The summed E-state index contributed by atoms with van der Waals surface area (Å²) in [6, 6.07) is 13.1. The summed E-state index contributed by atoms with van der Waals surface area (Å²) >= 11 is 0. The number of hydrogen-bond acceptors (Lipinski definition) is 5. The molecule has 0 radical (unpaired) electrons. The van der Waals surface area contributed by atoms with Crippen LogP contribution in [0.25, 0.3) is 5.57 Å². The minimum Gasteiger partial charge on any atom is -0.482 e. The number of ether oxygens (including phenoxy) is 1. The van der Waals surface area contributed by atoms with Crippen LogP contribution in [0.4, 0.5) is 5.69 Å². The Labute approximate surface area is 208 Å². The summed E-state index contributed by atoms with van der Waals surface area (Å²) in [7, 11) is -3.48. The van der Waals surface area contributed by atoms with Gasteiger partial charge in [0, 0.05) is 42.7 Å². The molecule has 0 aromatic heterocycles. The highest BCUT2D eigenvalue weighted by atomic mass is 32.2. The van der Waals surface area contributed by atoms with Crippen molar-refractivity contribution in [3.05, 3.63) is 65.2 Å². The van der Waals surface area contributed by atoms with Gasteiger partial charge in [-0.05, 0) is 88.3 Å². The van der Waals surface area contributed by atoms with Crippen LogP contribution in [-0.4, -0.2) is 56.3 Å². The quantitative estimate of drug-likeness (QED) is 0.597. The topological polar surface area (TPSA) is 87.7 Å². The molecule has 1 amide bonds. The summed E-state index contributed by atoms with van der Waals surface area (Å²) in [6.07, 6.45) is 3.87. The molecule has 1 spiro atoms. The van der Waals surface area contributed by atoms with Crippen molar-refractivity contribution in [2.45, 2.75) is 51.4 Å². The SMILES string of the molecule is CCN(CC)C(=O)c1ccc(C2=CC3(CCNCC3)Oc3ccc(NS(=O)(=O)C(C)C)cc32)cc1. The minimum atomic E-state index is -3.48. The molecule has 0 saturated carbocycles. The number of carbonyl (C=O) groups is 1. The molecule has 2 aromatic rings. The summed E-state index contributed by atoms with van der Waals surface area (Å²) in [6.45, 7) is 10.3. The molecule has 0 atom stereocenters. The first-order chi connectivity index (χ1) is 16.7. The highest BCUT2D eigenvalue weighted by Gasteiger charge is 2.37. The second-order valence-corrected chi connectivity index (χ2v) is 11.7. The maximum atomic E-state index is 12.8. The summed E-state index contributed by atoms with van der Waals surface area (Å²) in [4.78, 5) is 14.6. The van der Waals surface area contributed by atoms with Gasteiger partial charge in [-0.1, -0.05) is 12.1 Å². The van der Waals surface area contributed by atoms with Gasteiger partial charge >= 0.3 is 0 Å². The van der Waals surface area contributed by atoms with Crippen molar-refractivity contribution < 1.29 is 17.9 Å². The Balaban J connectivity index is 1.75. The lowest BCUT2D eigenvalue weighted by Crippen LogP contribution is -2.46. The Morgan fingerprint density at radius 3 is 2.34 bits per heavy atom. The molecule has 7 nitrogen and oxygen atoms in total. The largest absolute Gasteiger partial charge is 0.482 e. The minimum absolute atomic E-state index is 0.0168. The maximum Gasteiger partial charge on any atom is 0.253 e. The van der Waals surface area contributed by atoms with Crippen LogP contribution in [0.15, 0.2) is 48.5 Å². The summed E-state index contributed by atoms with van der Waals surface area (Å²) in [5, 5.41) is 2.85. The van der Waals surface area contributed by atoms with Crippen LogP contribution in [0.2, 0.25) is 0 Å². The van der Waals surface area contributed by atoms with E-state index in [1.165, 1.54) is 0 Å². The third-order valence-electron chi connectivity index (χ3n) is 6.81. The molecule has 2 aromatic carbocycles. The highest BCUT2D eigenvalue weighted by Crippen LogP contribution is 2.43. The first kappa shape index (κ1) is 25.3. The number of piperidine rings is 1. The van der Waals surface area contributed by atoms with Gasteiger partial charge in [0.1, 0.15) is 11.4 Å². The van der Waals surface area contributed by atoms with Crippen molar-refractivity contribution >= 4 is 27.2 Å². The highest BCUT2D eigenvalue weighted by molar-refractivity contribution is 7.93. The molecule has 4 rings (SSSR count). The van der Waals surface area contributed by atoms with E-state index in [-0.39, 0.29) is 5.91 Å². The van der Waals surface area contributed by atoms with E-state index < -0.39 is 20.9 Å². The smallest absolute Gasteiger partial charge is 0.253 e. The molecule has 2 N–H and O–H groups in total. The van der Waals surface area contributed by atoms with Crippen LogP contribution in [0.3, 0.4) is 0 Å². The van der Waals surface area contributed by atoms with Gasteiger partial charge in [-0.15, -0.1) is 0 Å². The molecule has 1 saturated heterocycles. The number of amides is 1. The third-order valence-corrected chi connectivity index (χ3v) is 8.58. The third kappa shape index (κ3) is 5.23. The molecule has 8 heteroatoms. The number of fused-ring (bicyclic) bond motifs is 1. The zero-order chi connectivity index (χ0) is 25.2. The van der Waals surface area contributed by atoms with Crippen LogP contribution in [-0.2, 0) is 10.0 Å². The van der Waals surface area contributed by atoms with Gasteiger partial charge in [0.05, 0.1) is 5.25 Å². The predicted molar refractivity (Wildman–Crippen MR) is 140 cm³/mol. The molecular formula is C27H35N3O4S. The van der Waals surface area contributed by atoms with E-state index in [1.54, 1.807) is 24.8 Å². The van der Waals surface area contributed by atoms with Crippen molar-refractivity contribution in [2.24, 2.45) is 0 Å². The molecule has 0 unspecified atom stereocenters. The number of hydrogen-bond donors (Lipinski definition) is 2. The van der Waals surface area contributed by atoms with Gasteiger partial charge in [-0.2, -0.15) is 0 Å². The normalized spacial score (nSPS) is 16.9. The fourth-order valence-electron chi connectivity index (χ4n) is 4.59. The van der Waals surface area contributed by atoms with Gasteiger partial charge in [-0.25, -0.2) is 8.42 Å². The Morgan fingerprint density at radius 1 is 1.09 bits per heavy atom. The standard InChI is InChI=1S/C27H35N3O4S/c1-5-30(6-2)26(31)21-9-7-20(8-10-21)24-18-27(13-15-28-16-14-27)34-25-12-11-22(17-23(24)25)29-35(32,33)19(3)4/h7-12,17-19,28-29H,5-6,13-16H2,1-4H3. The summed E-state index contributed by atoms with van der Waals surface area (Å²) in [5.74, 6) is 0.753. The van der Waals surface area contributed by atoms with Crippen molar-refractivity contribution in [3.63, 3.8) is 0 Å². The number of benzene rings is 2. The van der Waals surface area contributed by atoms with Gasteiger partial charge < -0.3 is 15.0 Å². The lowest BCUT2D eigenvalue weighted by atomic mass is 9.83. The van der Waals surface area contributed by atoms with Gasteiger partial charge in [0.25, 0.3) is 5.91 Å². The van der Waals surface area contributed by atoms with Gasteiger partial charge in [0.15, 0.2) is 0 Å². The van der Waals surface area contributed by atoms with Crippen molar-refractivity contribution in [3.8, 4) is 5.75 Å². The van der Waals surface area contributed by atoms with E-state index in [0.29, 0.717) is 24.3 Å². The Morgan fingerprint density at radius 2 is 1.74 bits per heavy atom. The molecule has 2 heterocycles. The molecule has 0 aliphatic carbocycles. The molecule has 2 aliphatic heterocycles. The fraction of sp³-hybridized carbons (Fsp3) is 0.444.